The summed E-state index contributed by atoms with van der Waals surface area (Å²) in [6.07, 6.45) is 4.65. The van der Waals surface area contributed by atoms with E-state index < -0.39 is 0 Å². The molecule has 1 aliphatic rings. The molecule has 0 aromatic rings. The highest BCUT2D eigenvalue weighted by Crippen LogP contribution is 2.27. The summed E-state index contributed by atoms with van der Waals surface area (Å²) >= 11 is 0. The quantitative estimate of drug-likeness (QED) is 0.756. The smallest absolute Gasteiger partial charge is 0.138 e. The Morgan fingerprint density at radius 1 is 1.44 bits per heavy atom. The first-order chi connectivity index (χ1) is 7.55. The summed E-state index contributed by atoms with van der Waals surface area (Å²) in [7, 11) is 0. The van der Waals surface area contributed by atoms with Gasteiger partial charge in [-0.3, -0.25) is 4.79 Å². The van der Waals surface area contributed by atoms with Gasteiger partial charge in [-0.25, -0.2) is 0 Å². The molecule has 0 bridgehead atoms. The maximum atomic E-state index is 11.9. The third-order valence-electron chi connectivity index (χ3n) is 3.48. The van der Waals surface area contributed by atoms with Crippen LogP contribution in [-0.4, -0.2) is 25.5 Å². The molecule has 1 rings (SSSR count). The van der Waals surface area contributed by atoms with Gasteiger partial charge in [0.25, 0.3) is 0 Å². The number of ether oxygens (including phenoxy) is 1. The van der Waals surface area contributed by atoms with Crippen molar-refractivity contribution in [1.29, 1.82) is 0 Å². The van der Waals surface area contributed by atoms with E-state index in [2.05, 4.69) is 13.8 Å². The number of Topliss-reactive ketones (excluding diaryl/α,β-unsaturated/α-hetero) is 1. The van der Waals surface area contributed by atoms with Gasteiger partial charge in [-0.1, -0.05) is 13.8 Å². The molecular weight excluding hydrogens is 202 g/mol. The van der Waals surface area contributed by atoms with Crippen LogP contribution < -0.4 is 5.73 Å². The molecule has 0 aromatic heterocycles. The molecule has 3 nitrogen and oxygen atoms in total. The van der Waals surface area contributed by atoms with Gasteiger partial charge in [0.05, 0.1) is 6.61 Å². The van der Waals surface area contributed by atoms with Gasteiger partial charge in [0, 0.05) is 18.9 Å². The van der Waals surface area contributed by atoms with Crippen molar-refractivity contribution < 1.29 is 9.53 Å². The molecule has 16 heavy (non-hydrogen) atoms. The molecule has 0 radical (unpaired) electrons. The van der Waals surface area contributed by atoms with Gasteiger partial charge in [-0.2, -0.15) is 0 Å². The summed E-state index contributed by atoms with van der Waals surface area (Å²) in [5.41, 5.74) is 5.75. The second-order valence-electron chi connectivity index (χ2n) is 5.58. The third-order valence-corrected chi connectivity index (χ3v) is 3.48. The minimum atomic E-state index is 0.155. The van der Waals surface area contributed by atoms with Crippen LogP contribution in [0.15, 0.2) is 0 Å². The van der Waals surface area contributed by atoms with Crippen molar-refractivity contribution in [2.45, 2.75) is 46.0 Å². The summed E-state index contributed by atoms with van der Waals surface area (Å²) in [6.45, 7) is 6.53. The lowest BCUT2D eigenvalue weighted by Gasteiger charge is -2.25. The van der Waals surface area contributed by atoms with E-state index >= 15 is 0 Å². The van der Waals surface area contributed by atoms with Crippen molar-refractivity contribution in [2.75, 3.05) is 19.8 Å². The van der Waals surface area contributed by atoms with E-state index in [1.807, 2.05) is 0 Å². The minimum Gasteiger partial charge on any atom is -0.381 e. The molecule has 1 atom stereocenters. The van der Waals surface area contributed by atoms with Crippen LogP contribution in [0.4, 0.5) is 0 Å². The van der Waals surface area contributed by atoms with Gasteiger partial charge in [0.1, 0.15) is 5.78 Å². The second kappa shape index (κ2) is 6.36. The number of rotatable bonds is 6. The van der Waals surface area contributed by atoms with Gasteiger partial charge in [-0.15, -0.1) is 0 Å². The zero-order valence-corrected chi connectivity index (χ0v) is 10.6. The van der Waals surface area contributed by atoms with Crippen LogP contribution in [0.2, 0.25) is 0 Å². The minimum absolute atomic E-state index is 0.155. The average molecular weight is 227 g/mol. The van der Waals surface area contributed by atoms with E-state index in [4.69, 9.17) is 10.5 Å². The van der Waals surface area contributed by atoms with Crippen LogP contribution in [0.1, 0.15) is 46.0 Å². The molecule has 2 N–H and O–H groups in total. The summed E-state index contributed by atoms with van der Waals surface area (Å²) < 4.78 is 5.34. The lowest BCUT2D eigenvalue weighted by molar-refractivity contribution is -0.127. The number of ketones is 1. The molecule has 1 fully saturated rings. The van der Waals surface area contributed by atoms with E-state index in [-0.39, 0.29) is 11.3 Å². The molecule has 3 heteroatoms. The maximum absolute atomic E-state index is 11.9. The molecule has 94 valence electrons. The number of hydrogen-bond donors (Lipinski definition) is 1. The molecule has 0 aliphatic carbocycles. The number of hydrogen-bond acceptors (Lipinski definition) is 3. The zero-order valence-electron chi connectivity index (χ0n) is 10.6. The van der Waals surface area contributed by atoms with Crippen molar-refractivity contribution in [3.05, 3.63) is 0 Å². The fourth-order valence-corrected chi connectivity index (χ4v) is 2.18. The van der Waals surface area contributed by atoms with Gasteiger partial charge in [0.2, 0.25) is 0 Å². The maximum Gasteiger partial charge on any atom is 0.138 e. The number of carbonyl (C=O) groups is 1. The fraction of sp³-hybridized carbons (Fsp3) is 0.923. The zero-order chi connectivity index (χ0) is 12.0. The second-order valence-corrected chi connectivity index (χ2v) is 5.58. The average Bonchev–Trinajstić information content (AvgIpc) is 2.27. The molecule has 0 aromatic carbocycles. The Balaban J connectivity index is 2.28. The topological polar surface area (TPSA) is 52.3 Å². The highest BCUT2D eigenvalue weighted by Gasteiger charge is 2.24. The highest BCUT2D eigenvalue weighted by molar-refractivity contribution is 5.81. The Hall–Kier alpha value is -0.410. The Bertz CT molecular complexity index is 220. The Labute approximate surface area is 98.7 Å². The molecule has 0 saturated carbocycles. The molecule has 0 amide bonds. The Morgan fingerprint density at radius 3 is 2.75 bits per heavy atom. The van der Waals surface area contributed by atoms with Gasteiger partial charge >= 0.3 is 0 Å². The standard InChI is InChI=1S/C13H25NO2/c1-13(2,7-8-14)6-5-12(15)11-4-3-9-16-10-11/h11H,3-10,14H2,1-2H3. The molecule has 1 aliphatic heterocycles. The van der Waals surface area contributed by atoms with E-state index in [9.17, 15) is 4.79 Å². The van der Waals surface area contributed by atoms with E-state index in [0.717, 1.165) is 32.3 Å². The predicted molar refractivity (Wildman–Crippen MR) is 65.2 cm³/mol. The fourth-order valence-electron chi connectivity index (χ4n) is 2.18. The van der Waals surface area contributed by atoms with Crippen molar-refractivity contribution >= 4 is 5.78 Å². The molecule has 1 saturated heterocycles. The van der Waals surface area contributed by atoms with Crippen LogP contribution >= 0.6 is 0 Å². The first kappa shape index (κ1) is 13.7. The van der Waals surface area contributed by atoms with Crippen molar-refractivity contribution in [1.82, 2.24) is 0 Å². The third kappa shape index (κ3) is 4.62. The van der Waals surface area contributed by atoms with Crippen LogP contribution in [0.25, 0.3) is 0 Å². The van der Waals surface area contributed by atoms with Crippen molar-refractivity contribution in [2.24, 2.45) is 17.1 Å². The highest BCUT2D eigenvalue weighted by atomic mass is 16.5. The molecule has 1 unspecified atom stereocenters. The normalized spacial score (nSPS) is 22.1. The summed E-state index contributed by atoms with van der Waals surface area (Å²) in [6, 6.07) is 0. The van der Waals surface area contributed by atoms with Gasteiger partial charge < -0.3 is 10.5 Å². The lowest BCUT2D eigenvalue weighted by Crippen LogP contribution is -2.27. The summed E-state index contributed by atoms with van der Waals surface area (Å²) in [4.78, 5) is 11.9. The monoisotopic (exact) mass is 227 g/mol. The summed E-state index contributed by atoms with van der Waals surface area (Å²) in [5, 5.41) is 0. The van der Waals surface area contributed by atoms with E-state index in [1.54, 1.807) is 0 Å². The lowest BCUT2D eigenvalue weighted by atomic mass is 9.82. The molecular formula is C13H25NO2. The summed E-state index contributed by atoms with van der Waals surface area (Å²) in [5.74, 6) is 0.534. The number of nitrogens with two attached hydrogens (primary N) is 1. The van der Waals surface area contributed by atoms with Crippen LogP contribution in [0.3, 0.4) is 0 Å². The number of carbonyl (C=O) groups excluding carboxylic acids is 1. The molecule has 1 heterocycles. The van der Waals surface area contributed by atoms with Gasteiger partial charge in [0.15, 0.2) is 0 Å². The van der Waals surface area contributed by atoms with Crippen LogP contribution in [0, 0.1) is 11.3 Å². The van der Waals surface area contributed by atoms with E-state index in [0.29, 0.717) is 25.4 Å². The predicted octanol–water partition coefficient (Wildman–Crippen LogP) is 2.14. The molecule has 0 spiro atoms. The largest absolute Gasteiger partial charge is 0.381 e. The van der Waals surface area contributed by atoms with Crippen molar-refractivity contribution in [3.8, 4) is 0 Å². The first-order valence-corrected chi connectivity index (χ1v) is 6.36. The Kier molecular flexibility index (Phi) is 5.42. The van der Waals surface area contributed by atoms with E-state index in [1.165, 1.54) is 0 Å². The first-order valence-electron chi connectivity index (χ1n) is 6.36. The van der Waals surface area contributed by atoms with Crippen molar-refractivity contribution in [3.63, 3.8) is 0 Å². The van der Waals surface area contributed by atoms with Crippen LogP contribution in [-0.2, 0) is 9.53 Å². The van der Waals surface area contributed by atoms with Crippen LogP contribution in [0.5, 0.6) is 0 Å². The SMILES string of the molecule is CC(C)(CCN)CCC(=O)C1CCCOC1. The van der Waals surface area contributed by atoms with Gasteiger partial charge in [-0.05, 0) is 37.6 Å². The Morgan fingerprint density at radius 2 is 2.19 bits per heavy atom.